The smallest absolute Gasteiger partial charge is 0.375 e. The van der Waals surface area contributed by atoms with Crippen LogP contribution >= 0.6 is 7.60 Å². The molecule has 1 heterocycles. The van der Waals surface area contributed by atoms with E-state index >= 15 is 0 Å². The van der Waals surface area contributed by atoms with Gasteiger partial charge in [0.15, 0.2) is 11.5 Å². The van der Waals surface area contributed by atoms with Gasteiger partial charge in [0.2, 0.25) is 0 Å². The van der Waals surface area contributed by atoms with Crippen LogP contribution in [0, 0.1) is 6.92 Å². The molecular weight excluding hydrogens is 369 g/mol. The number of aliphatic imine (C=N–C) groups is 1. The van der Waals surface area contributed by atoms with Crippen molar-refractivity contribution >= 4 is 18.7 Å². The van der Waals surface area contributed by atoms with E-state index in [1.807, 2.05) is 0 Å². The van der Waals surface area contributed by atoms with E-state index in [0.717, 1.165) is 5.56 Å². The quantitative estimate of drug-likeness (QED) is 0.506. The summed E-state index contributed by atoms with van der Waals surface area (Å²) in [5.74, 6) is 0.393. The zero-order valence-electron chi connectivity index (χ0n) is 15.9. The largest absolute Gasteiger partial charge is 0.504 e. The van der Waals surface area contributed by atoms with E-state index in [1.165, 1.54) is 25.8 Å². The van der Waals surface area contributed by atoms with E-state index in [2.05, 4.69) is 15.0 Å². The van der Waals surface area contributed by atoms with Crippen LogP contribution in [-0.4, -0.2) is 40.9 Å². The van der Waals surface area contributed by atoms with Crippen LogP contribution in [0.15, 0.2) is 35.8 Å². The number of rotatable bonds is 9. The van der Waals surface area contributed by atoms with Crippen molar-refractivity contribution in [3.63, 3.8) is 0 Å². The maximum atomic E-state index is 13.3. The topological polar surface area (TPSA) is 103 Å². The Bertz CT molecular complexity index is 832. The SMILES string of the molecule is CCOP(=O)(OCC)C(Cc1cc(C)c(O)c(OC)c1)=Nc1cncnc1. The molecule has 0 unspecified atom stereocenters. The first-order valence-electron chi connectivity index (χ1n) is 8.52. The second-order valence-electron chi connectivity index (χ2n) is 5.60. The number of phenolic OH excluding ortho intramolecular Hbond substituents is 1. The zero-order chi connectivity index (χ0) is 19.9. The van der Waals surface area contributed by atoms with Crippen LogP contribution < -0.4 is 4.74 Å². The van der Waals surface area contributed by atoms with Gasteiger partial charge in [-0.3, -0.25) is 4.57 Å². The fourth-order valence-electron chi connectivity index (χ4n) is 2.48. The maximum Gasteiger partial charge on any atom is 0.375 e. The lowest BCUT2D eigenvalue weighted by Gasteiger charge is -2.19. The van der Waals surface area contributed by atoms with Crippen LogP contribution in [0.3, 0.4) is 0 Å². The van der Waals surface area contributed by atoms with Crippen LogP contribution in [0.4, 0.5) is 5.69 Å². The van der Waals surface area contributed by atoms with E-state index in [4.69, 9.17) is 13.8 Å². The summed E-state index contributed by atoms with van der Waals surface area (Å²) in [6.07, 6.45) is 4.59. The van der Waals surface area contributed by atoms with Gasteiger partial charge in [0.05, 0.1) is 32.7 Å². The van der Waals surface area contributed by atoms with Gasteiger partial charge in [0, 0.05) is 6.42 Å². The van der Waals surface area contributed by atoms with Crippen molar-refractivity contribution in [1.82, 2.24) is 9.97 Å². The molecule has 0 aliphatic rings. The summed E-state index contributed by atoms with van der Waals surface area (Å²) in [5, 5.41) is 10.0. The molecule has 0 radical (unpaired) electrons. The highest BCUT2D eigenvalue weighted by molar-refractivity contribution is 7.72. The van der Waals surface area contributed by atoms with Gasteiger partial charge >= 0.3 is 7.60 Å². The van der Waals surface area contributed by atoms with Crippen LogP contribution in [0.25, 0.3) is 0 Å². The summed E-state index contributed by atoms with van der Waals surface area (Å²) in [6.45, 7) is 5.65. The summed E-state index contributed by atoms with van der Waals surface area (Å²) < 4.78 is 29.5. The number of hydrogen-bond acceptors (Lipinski definition) is 8. The molecule has 0 saturated heterocycles. The van der Waals surface area contributed by atoms with Crippen molar-refractivity contribution in [2.75, 3.05) is 20.3 Å². The third kappa shape index (κ3) is 5.35. The molecule has 0 aliphatic carbocycles. The third-order valence-corrected chi connectivity index (χ3v) is 5.71. The van der Waals surface area contributed by atoms with E-state index in [0.29, 0.717) is 17.0 Å². The molecule has 0 atom stereocenters. The molecule has 1 aromatic heterocycles. The number of aromatic hydroxyl groups is 1. The molecule has 27 heavy (non-hydrogen) atoms. The first kappa shape index (κ1) is 21.0. The van der Waals surface area contributed by atoms with Crippen molar-refractivity contribution in [1.29, 1.82) is 0 Å². The molecule has 0 amide bonds. The zero-order valence-corrected chi connectivity index (χ0v) is 16.8. The van der Waals surface area contributed by atoms with Crippen LogP contribution in [0.1, 0.15) is 25.0 Å². The molecule has 0 fully saturated rings. The number of aryl methyl sites for hydroxylation is 1. The average Bonchev–Trinajstić information content (AvgIpc) is 2.65. The van der Waals surface area contributed by atoms with E-state index < -0.39 is 7.60 Å². The molecule has 9 heteroatoms. The van der Waals surface area contributed by atoms with Gasteiger partial charge in [0.1, 0.15) is 17.5 Å². The highest BCUT2D eigenvalue weighted by Crippen LogP contribution is 2.51. The summed E-state index contributed by atoms with van der Waals surface area (Å²) in [5.41, 5.74) is 2.05. The Kier molecular flexibility index (Phi) is 7.47. The molecule has 1 N–H and O–H groups in total. The van der Waals surface area contributed by atoms with Crippen molar-refractivity contribution in [3.05, 3.63) is 42.0 Å². The minimum Gasteiger partial charge on any atom is -0.504 e. The minimum absolute atomic E-state index is 0.0639. The third-order valence-electron chi connectivity index (χ3n) is 3.63. The second kappa shape index (κ2) is 9.60. The van der Waals surface area contributed by atoms with E-state index in [-0.39, 0.29) is 30.8 Å². The highest BCUT2D eigenvalue weighted by Gasteiger charge is 2.32. The molecule has 2 aromatic rings. The van der Waals surface area contributed by atoms with Gasteiger partial charge in [0.25, 0.3) is 0 Å². The van der Waals surface area contributed by atoms with Crippen LogP contribution in [0.5, 0.6) is 11.5 Å². The number of ether oxygens (including phenoxy) is 1. The molecule has 2 rings (SSSR count). The predicted molar refractivity (Wildman–Crippen MR) is 103 cm³/mol. The fraction of sp³-hybridized carbons (Fsp3) is 0.389. The Hall–Kier alpha value is -2.28. The number of aromatic nitrogens is 2. The Morgan fingerprint density at radius 1 is 1.19 bits per heavy atom. The van der Waals surface area contributed by atoms with Gasteiger partial charge in [-0.1, -0.05) is 6.07 Å². The Labute approximate surface area is 158 Å². The standard InChI is InChI=1S/C18H24N3O5P/c1-5-25-27(23,26-6-2)17(21-15-10-19-12-20-11-15)9-14-7-13(3)18(22)16(8-14)24-4/h7-8,10-12,22H,5-6,9H2,1-4H3. The first-order chi connectivity index (χ1) is 12.9. The van der Waals surface area contributed by atoms with Crippen molar-refractivity contribution in [2.45, 2.75) is 27.2 Å². The lowest BCUT2D eigenvalue weighted by atomic mass is 10.1. The lowest BCUT2D eigenvalue weighted by Crippen LogP contribution is -2.11. The Morgan fingerprint density at radius 3 is 2.37 bits per heavy atom. The van der Waals surface area contributed by atoms with Crippen LogP contribution in [0.2, 0.25) is 0 Å². The normalized spacial score (nSPS) is 12.2. The summed E-state index contributed by atoms with van der Waals surface area (Å²) >= 11 is 0. The number of phenols is 1. The Balaban J connectivity index is 2.52. The molecule has 0 saturated carbocycles. The van der Waals surface area contributed by atoms with Crippen molar-refractivity contribution in [2.24, 2.45) is 4.99 Å². The predicted octanol–water partition coefficient (Wildman–Crippen LogP) is 4.04. The number of hydrogen-bond donors (Lipinski definition) is 1. The minimum atomic E-state index is -3.62. The summed E-state index contributed by atoms with van der Waals surface area (Å²) in [7, 11) is -2.15. The second-order valence-corrected chi connectivity index (χ2v) is 7.63. The number of benzene rings is 1. The van der Waals surface area contributed by atoms with Gasteiger partial charge < -0.3 is 18.9 Å². The van der Waals surface area contributed by atoms with Gasteiger partial charge in [-0.15, -0.1) is 0 Å². The van der Waals surface area contributed by atoms with E-state index in [1.54, 1.807) is 32.9 Å². The lowest BCUT2D eigenvalue weighted by molar-refractivity contribution is 0.232. The molecule has 146 valence electrons. The van der Waals surface area contributed by atoms with Crippen molar-refractivity contribution in [3.8, 4) is 11.5 Å². The first-order valence-corrected chi connectivity index (χ1v) is 10.1. The maximum absolute atomic E-state index is 13.3. The van der Waals surface area contributed by atoms with Gasteiger partial charge in [-0.2, -0.15) is 0 Å². The van der Waals surface area contributed by atoms with Gasteiger partial charge in [-0.05, 0) is 38.0 Å². The number of nitrogens with zero attached hydrogens (tertiary/aromatic N) is 3. The monoisotopic (exact) mass is 393 g/mol. The summed E-state index contributed by atoms with van der Waals surface area (Å²) in [4.78, 5) is 12.3. The van der Waals surface area contributed by atoms with Crippen LogP contribution in [-0.2, 0) is 20.0 Å². The average molecular weight is 393 g/mol. The molecule has 0 spiro atoms. The summed E-state index contributed by atoms with van der Waals surface area (Å²) in [6, 6.07) is 3.44. The molecule has 1 aromatic carbocycles. The molecule has 8 nitrogen and oxygen atoms in total. The number of methoxy groups -OCH3 is 1. The van der Waals surface area contributed by atoms with E-state index in [9.17, 15) is 9.67 Å². The molecule has 0 aliphatic heterocycles. The molecule has 0 bridgehead atoms. The van der Waals surface area contributed by atoms with Crippen molar-refractivity contribution < 1.29 is 23.5 Å². The fourth-order valence-corrected chi connectivity index (χ4v) is 4.15. The Morgan fingerprint density at radius 2 is 1.81 bits per heavy atom. The highest BCUT2D eigenvalue weighted by atomic mass is 31.2. The van der Waals surface area contributed by atoms with Gasteiger partial charge in [-0.25, -0.2) is 15.0 Å². The molecular formula is C18H24N3O5P.